The minimum atomic E-state index is -1.25. The van der Waals surface area contributed by atoms with E-state index < -0.39 is 5.97 Å². The van der Waals surface area contributed by atoms with Crippen LogP contribution in [0.5, 0.6) is 5.75 Å². The Morgan fingerprint density at radius 1 is 1.11 bits per heavy atom. The molecule has 0 bridgehead atoms. The van der Waals surface area contributed by atoms with E-state index in [1.165, 1.54) is 24.4 Å². The van der Waals surface area contributed by atoms with Crippen LogP contribution >= 0.6 is 0 Å². The highest BCUT2D eigenvalue weighted by Crippen LogP contribution is 2.24. The smallest absolute Gasteiger partial charge is 0.339 e. The molecule has 0 fully saturated rings. The van der Waals surface area contributed by atoms with Gasteiger partial charge >= 0.3 is 12.0 Å². The van der Waals surface area contributed by atoms with Crippen molar-refractivity contribution in [2.75, 3.05) is 17.2 Å². The first-order valence-electron chi connectivity index (χ1n) is 7.98. The van der Waals surface area contributed by atoms with Crippen LogP contribution < -0.4 is 16.0 Å². The first-order chi connectivity index (χ1) is 13.0. The summed E-state index contributed by atoms with van der Waals surface area (Å²) >= 11 is 0. The van der Waals surface area contributed by atoms with Crippen molar-refractivity contribution in [1.29, 1.82) is 0 Å². The highest BCUT2D eigenvalue weighted by molar-refractivity contribution is 5.92. The SMILES string of the molecule is CCNC(=O)Nc1ccc2ncc(Nc3ccc(O)c(C(=O)O)c3)nc2n1. The van der Waals surface area contributed by atoms with Gasteiger partial charge in [-0.1, -0.05) is 0 Å². The van der Waals surface area contributed by atoms with E-state index in [0.717, 1.165) is 0 Å². The zero-order chi connectivity index (χ0) is 19.4. The van der Waals surface area contributed by atoms with Crippen LogP contribution in [0.15, 0.2) is 36.5 Å². The number of anilines is 3. The van der Waals surface area contributed by atoms with Crippen molar-refractivity contribution >= 4 is 40.5 Å². The lowest BCUT2D eigenvalue weighted by Crippen LogP contribution is -2.28. The van der Waals surface area contributed by atoms with Gasteiger partial charge in [-0.3, -0.25) is 5.32 Å². The number of nitrogens with one attached hydrogen (secondary N) is 3. The minimum Gasteiger partial charge on any atom is -0.507 e. The van der Waals surface area contributed by atoms with Gasteiger partial charge in [0.1, 0.15) is 22.6 Å². The normalized spacial score (nSPS) is 10.4. The first kappa shape index (κ1) is 17.9. The molecule has 10 nitrogen and oxygen atoms in total. The number of aromatic hydroxyl groups is 1. The number of aromatic nitrogens is 3. The van der Waals surface area contributed by atoms with Gasteiger partial charge in [0, 0.05) is 12.2 Å². The van der Waals surface area contributed by atoms with Gasteiger partial charge in [0.25, 0.3) is 0 Å². The standard InChI is InChI=1S/C17H16N6O4/c1-2-18-17(27)23-13-6-4-11-15(21-13)22-14(8-19-11)20-9-3-5-12(24)10(7-9)16(25)26/h3-8,24H,2H2,1H3,(H,25,26)(H3,18,20,21,22,23,27). The molecule has 3 rings (SSSR count). The fourth-order valence-electron chi connectivity index (χ4n) is 2.28. The molecule has 10 heteroatoms. The van der Waals surface area contributed by atoms with E-state index in [1.54, 1.807) is 19.1 Å². The number of amides is 2. The van der Waals surface area contributed by atoms with Crippen LogP contribution in [0.1, 0.15) is 17.3 Å². The van der Waals surface area contributed by atoms with Crippen molar-refractivity contribution in [3.8, 4) is 5.75 Å². The number of phenols is 1. The fourth-order valence-corrected chi connectivity index (χ4v) is 2.28. The monoisotopic (exact) mass is 368 g/mol. The van der Waals surface area contributed by atoms with Gasteiger partial charge in [-0.05, 0) is 37.3 Å². The number of aromatic carboxylic acids is 1. The molecule has 1 aromatic carbocycles. The summed E-state index contributed by atoms with van der Waals surface area (Å²) in [4.78, 5) is 35.5. The third-order valence-corrected chi connectivity index (χ3v) is 3.49. The van der Waals surface area contributed by atoms with Crippen LogP contribution in [-0.4, -0.2) is 43.7 Å². The highest BCUT2D eigenvalue weighted by atomic mass is 16.4. The molecule has 0 atom stereocenters. The third kappa shape index (κ3) is 4.18. The summed E-state index contributed by atoms with van der Waals surface area (Å²) in [6.07, 6.45) is 1.47. The Balaban J connectivity index is 1.86. The van der Waals surface area contributed by atoms with E-state index in [0.29, 0.717) is 35.0 Å². The number of carbonyl (C=O) groups excluding carboxylic acids is 1. The second-order valence-corrected chi connectivity index (χ2v) is 5.44. The van der Waals surface area contributed by atoms with Gasteiger partial charge in [-0.25, -0.2) is 24.5 Å². The van der Waals surface area contributed by atoms with Crippen LogP contribution in [-0.2, 0) is 0 Å². The van der Waals surface area contributed by atoms with Crippen molar-refractivity contribution in [2.24, 2.45) is 0 Å². The van der Waals surface area contributed by atoms with Gasteiger partial charge < -0.3 is 20.8 Å². The maximum Gasteiger partial charge on any atom is 0.339 e. The molecule has 2 amide bonds. The lowest BCUT2D eigenvalue weighted by Gasteiger charge is -2.09. The zero-order valence-electron chi connectivity index (χ0n) is 14.2. The summed E-state index contributed by atoms with van der Waals surface area (Å²) in [5.74, 6) is -0.936. The van der Waals surface area contributed by atoms with Gasteiger partial charge in [0.2, 0.25) is 0 Å². The lowest BCUT2D eigenvalue weighted by molar-refractivity contribution is 0.0693. The Morgan fingerprint density at radius 3 is 2.63 bits per heavy atom. The molecule has 0 spiro atoms. The molecule has 3 aromatic rings. The quantitative estimate of drug-likeness (QED) is 0.431. The largest absolute Gasteiger partial charge is 0.507 e. The Hall–Kier alpha value is -3.95. The number of hydrogen-bond acceptors (Lipinski definition) is 7. The van der Waals surface area contributed by atoms with Crippen LogP contribution in [0.25, 0.3) is 11.2 Å². The van der Waals surface area contributed by atoms with Crippen LogP contribution in [0.4, 0.5) is 22.1 Å². The predicted octanol–water partition coefficient (Wildman–Crippen LogP) is 2.31. The first-order valence-corrected chi connectivity index (χ1v) is 7.98. The van der Waals surface area contributed by atoms with Gasteiger partial charge in [-0.2, -0.15) is 0 Å². The molecular formula is C17H16N6O4. The summed E-state index contributed by atoms with van der Waals surface area (Å²) in [5.41, 5.74) is 1.00. The molecule has 138 valence electrons. The van der Waals surface area contributed by atoms with Crippen molar-refractivity contribution in [1.82, 2.24) is 20.3 Å². The molecule has 0 aliphatic rings. The number of pyridine rings is 1. The van der Waals surface area contributed by atoms with Crippen molar-refractivity contribution in [3.05, 3.63) is 42.1 Å². The molecule has 0 saturated carbocycles. The number of benzene rings is 1. The van der Waals surface area contributed by atoms with Crippen LogP contribution in [0.2, 0.25) is 0 Å². The van der Waals surface area contributed by atoms with Gasteiger partial charge in [0.05, 0.1) is 6.20 Å². The second-order valence-electron chi connectivity index (χ2n) is 5.44. The average molecular weight is 368 g/mol. The Labute approximate surface area is 153 Å². The number of carboxylic acid groups (broad SMARTS) is 1. The van der Waals surface area contributed by atoms with Crippen molar-refractivity contribution in [2.45, 2.75) is 6.92 Å². The van der Waals surface area contributed by atoms with E-state index in [9.17, 15) is 14.7 Å². The van der Waals surface area contributed by atoms with E-state index in [1.807, 2.05) is 0 Å². The van der Waals surface area contributed by atoms with E-state index in [-0.39, 0.29) is 17.3 Å². The molecular weight excluding hydrogens is 352 g/mol. The summed E-state index contributed by atoms with van der Waals surface area (Å²) in [7, 11) is 0. The zero-order valence-corrected chi connectivity index (χ0v) is 14.2. The minimum absolute atomic E-state index is 0.236. The summed E-state index contributed by atoms with van der Waals surface area (Å²) < 4.78 is 0. The molecule has 5 N–H and O–H groups in total. The number of carbonyl (C=O) groups is 2. The maximum absolute atomic E-state index is 11.6. The molecule has 2 aromatic heterocycles. The van der Waals surface area contributed by atoms with Gasteiger partial charge in [0.15, 0.2) is 11.5 Å². The van der Waals surface area contributed by atoms with Crippen molar-refractivity contribution in [3.63, 3.8) is 0 Å². The van der Waals surface area contributed by atoms with E-state index >= 15 is 0 Å². The Morgan fingerprint density at radius 2 is 1.89 bits per heavy atom. The number of carboxylic acids is 1. The number of hydrogen-bond donors (Lipinski definition) is 5. The predicted molar refractivity (Wildman–Crippen MR) is 98.4 cm³/mol. The summed E-state index contributed by atoms with van der Waals surface area (Å²) in [6, 6.07) is 6.96. The Bertz CT molecular complexity index is 1020. The lowest BCUT2D eigenvalue weighted by atomic mass is 10.2. The van der Waals surface area contributed by atoms with E-state index in [2.05, 4.69) is 30.9 Å². The van der Waals surface area contributed by atoms with E-state index in [4.69, 9.17) is 5.11 Å². The van der Waals surface area contributed by atoms with Crippen LogP contribution in [0.3, 0.4) is 0 Å². The maximum atomic E-state index is 11.6. The highest BCUT2D eigenvalue weighted by Gasteiger charge is 2.11. The number of rotatable bonds is 5. The number of urea groups is 1. The second kappa shape index (κ2) is 7.52. The molecule has 0 unspecified atom stereocenters. The number of nitrogens with zero attached hydrogens (tertiary/aromatic N) is 3. The average Bonchev–Trinajstić information content (AvgIpc) is 2.63. The third-order valence-electron chi connectivity index (χ3n) is 3.49. The number of fused-ring (bicyclic) bond motifs is 1. The molecule has 0 saturated heterocycles. The Kier molecular flexibility index (Phi) is 4.97. The van der Waals surface area contributed by atoms with Crippen LogP contribution in [0, 0.1) is 0 Å². The molecule has 2 heterocycles. The molecule has 0 aliphatic carbocycles. The summed E-state index contributed by atoms with van der Waals surface area (Å²) in [6.45, 7) is 2.29. The molecule has 0 aliphatic heterocycles. The molecule has 0 radical (unpaired) electrons. The summed E-state index contributed by atoms with van der Waals surface area (Å²) in [5, 5.41) is 26.7. The fraction of sp³-hybridized carbons (Fsp3) is 0.118. The van der Waals surface area contributed by atoms with Crippen molar-refractivity contribution < 1.29 is 19.8 Å². The topological polar surface area (TPSA) is 149 Å². The molecule has 27 heavy (non-hydrogen) atoms. The van der Waals surface area contributed by atoms with Gasteiger partial charge in [-0.15, -0.1) is 0 Å².